The van der Waals surface area contributed by atoms with Gasteiger partial charge in [0.25, 0.3) is 5.56 Å². The van der Waals surface area contributed by atoms with Crippen molar-refractivity contribution in [1.29, 1.82) is 0 Å². The monoisotopic (exact) mass is 524 g/mol. The van der Waals surface area contributed by atoms with E-state index < -0.39 is 64.5 Å². The number of nitrogens with two attached hydrogens (primary N) is 1. The molecule has 0 unspecified atom stereocenters. The lowest BCUT2D eigenvalue weighted by molar-refractivity contribution is -0.149. The zero-order valence-electron chi connectivity index (χ0n) is 19.4. The molecule has 13 nitrogen and oxygen atoms in total. The second kappa shape index (κ2) is 10.8. The Balaban J connectivity index is 1.73. The Hall–Kier alpha value is -3.17. The highest BCUT2D eigenvalue weighted by atomic mass is 32.2. The maximum absolute atomic E-state index is 12.9. The number of ether oxygens (including phenoxy) is 1. The Kier molecular flexibility index (Phi) is 8.26. The average Bonchev–Trinajstić information content (AvgIpc) is 3.10. The van der Waals surface area contributed by atoms with Crippen LogP contribution in [0.3, 0.4) is 0 Å². The van der Waals surface area contributed by atoms with Gasteiger partial charge in [-0.15, -0.1) is 11.8 Å². The van der Waals surface area contributed by atoms with E-state index in [0.29, 0.717) is 11.3 Å². The molecule has 196 valence electrons. The van der Waals surface area contributed by atoms with Crippen LogP contribution < -0.4 is 22.3 Å². The van der Waals surface area contributed by atoms with Gasteiger partial charge in [-0.05, 0) is 19.9 Å². The zero-order chi connectivity index (χ0) is 26.8. The van der Waals surface area contributed by atoms with Crippen molar-refractivity contribution < 1.29 is 34.8 Å². The van der Waals surface area contributed by atoms with Gasteiger partial charge < -0.3 is 36.2 Å². The number of hydrogen-bond donors (Lipinski definition) is 7. The summed E-state index contributed by atoms with van der Waals surface area (Å²) < 4.78 is 5.36. The predicted molar refractivity (Wildman–Crippen MR) is 128 cm³/mol. The molecule has 14 heteroatoms. The minimum atomic E-state index is -1.82. The fraction of sp³-hybridized carbons (Fsp3) is 0.455. The molecule has 0 aliphatic carbocycles. The molecule has 1 aliphatic rings. The smallest absolute Gasteiger partial charge is 0.330 e. The van der Waals surface area contributed by atoms with Crippen LogP contribution in [0.15, 0.2) is 46.1 Å². The van der Waals surface area contributed by atoms with Crippen LogP contribution in [0.4, 0.5) is 0 Å². The summed E-state index contributed by atoms with van der Waals surface area (Å²) in [7, 11) is 0. The summed E-state index contributed by atoms with van der Waals surface area (Å²) in [5, 5.41) is 42.8. The van der Waals surface area contributed by atoms with Crippen LogP contribution in [0, 0.1) is 0 Å². The standard InChI is InChI=1S/C22H28N4O9S/c1-22(2,36-9-10-5-3-4-6-11(10)27)17(23)18(31)25-13(20(32)33)16-14(29)15(30)19(35-16)26-8-7-12(28)24-21(26)34/h3-8,13-17,19,27,29-30H,9,23H2,1-2H3,(H,25,31)(H,32,33)(H,24,28,34)/t13-,14-,15+,16+,17+,19+/m0/s1. The number of aromatic nitrogens is 2. The number of carbonyl (C=O) groups excluding carboxylic acids is 1. The van der Waals surface area contributed by atoms with Crippen molar-refractivity contribution in [2.75, 3.05) is 0 Å². The summed E-state index contributed by atoms with van der Waals surface area (Å²) in [5.74, 6) is -2.00. The summed E-state index contributed by atoms with van der Waals surface area (Å²) in [6.45, 7) is 3.36. The summed E-state index contributed by atoms with van der Waals surface area (Å²) in [5.41, 5.74) is 5.13. The van der Waals surface area contributed by atoms with E-state index in [4.69, 9.17) is 10.5 Å². The summed E-state index contributed by atoms with van der Waals surface area (Å²) >= 11 is 1.27. The molecule has 6 atom stereocenters. The number of benzene rings is 1. The minimum Gasteiger partial charge on any atom is -0.508 e. The molecule has 1 amide bonds. The summed E-state index contributed by atoms with van der Waals surface area (Å²) in [6, 6.07) is 4.63. The van der Waals surface area contributed by atoms with E-state index in [1.807, 2.05) is 4.98 Å². The second-order valence-electron chi connectivity index (χ2n) is 8.81. The summed E-state index contributed by atoms with van der Waals surface area (Å²) in [4.78, 5) is 50.2. The topological polar surface area (TPSA) is 217 Å². The third kappa shape index (κ3) is 5.79. The number of aromatic amines is 1. The molecule has 2 heterocycles. The first-order valence-electron chi connectivity index (χ1n) is 10.9. The third-order valence-corrected chi connectivity index (χ3v) is 7.37. The Morgan fingerprint density at radius 2 is 1.89 bits per heavy atom. The number of carboxylic acids is 1. The molecular formula is C22H28N4O9S. The van der Waals surface area contributed by atoms with E-state index in [9.17, 15) is 39.6 Å². The molecule has 8 N–H and O–H groups in total. The van der Waals surface area contributed by atoms with Crippen LogP contribution >= 0.6 is 11.8 Å². The van der Waals surface area contributed by atoms with Crippen LogP contribution in [0.5, 0.6) is 5.75 Å². The number of para-hydroxylation sites is 1. The van der Waals surface area contributed by atoms with Crippen LogP contribution in [0.25, 0.3) is 0 Å². The van der Waals surface area contributed by atoms with Crippen molar-refractivity contribution >= 4 is 23.6 Å². The molecule has 0 bridgehead atoms. The quantitative estimate of drug-likeness (QED) is 0.200. The molecule has 1 saturated heterocycles. The Morgan fingerprint density at radius 3 is 2.50 bits per heavy atom. The molecular weight excluding hydrogens is 496 g/mol. The van der Waals surface area contributed by atoms with Gasteiger partial charge in [0.1, 0.15) is 24.1 Å². The van der Waals surface area contributed by atoms with E-state index in [0.717, 1.165) is 16.8 Å². The Morgan fingerprint density at radius 1 is 1.22 bits per heavy atom. The van der Waals surface area contributed by atoms with Crippen molar-refractivity contribution in [3.63, 3.8) is 0 Å². The van der Waals surface area contributed by atoms with Crippen LogP contribution in [0.2, 0.25) is 0 Å². The second-order valence-corrected chi connectivity index (χ2v) is 10.4. The number of thioether (sulfide) groups is 1. The fourth-order valence-electron chi connectivity index (χ4n) is 3.65. The highest BCUT2D eigenvalue weighted by Crippen LogP contribution is 2.34. The van der Waals surface area contributed by atoms with Crippen molar-refractivity contribution in [3.8, 4) is 5.75 Å². The van der Waals surface area contributed by atoms with Crippen molar-refractivity contribution in [2.24, 2.45) is 5.73 Å². The van der Waals surface area contributed by atoms with Gasteiger partial charge in [-0.3, -0.25) is 19.1 Å². The first-order valence-corrected chi connectivity index (χ1v) is 11.8. The number of aliphatic carboxylic acids is 1. The lowest BCUT2D eigenvalue weighted by atomic mass is 10.00. The normalized spacial score (nSPS) is 23.7. The number of rotatable bonds is 9. The number of carboxylic acid groups (broad SMARTS) is 1. The molecule has 0 saturated carbocycles. The van der Waals surface area contributed by atoms with Gasteiger partial charge in [0.15, 0.2) is 12.3 Å². The molecule has 0 radical (unpaired) electrons. The first-order chi connectivity index (χ1) is 16.8. The van der Waals surface area contributed by atoms with E-state index in [2.05, 4.69) is 5.32 Å². The third-order valence-electron chi connectivity index (χ3n) is 5.92. The van der Waals surface area contributed by atoms with Crippen molar-refractivity contribution in [1.82, 2.24) is 14.9 Å². The molecule has 1 fully saturated rings. The Labute approximate surface area is 208 Å². The Bertz CT molecular complexity index is 1230. The van der Waals surface area contributed by atoms with E-state index >= 15 is 0 Å². The molecule has 1 aliphatic heterocycles. The van der Waals surface area contributed by atoms with Gasteiger partial charge in [0.05, 0.1) is 6.04 Å². The van der Waals surface area contributed by atoms with E-state index in [1.165, 1.54) is 17.8 Å². The number of aromatic hydroxyl groups is 1. The van der Waals surface area contributed by atoms with Crippen molar-refractivity contribution in [3.05, 3.63) is 62.9 Å². The molecule has 1 aromatic carbocycles. The molecule has 1 aromatic heterocycles. The van der Waals surface area contributed by atoms with Gasteiger partial charge in [-0.25, -0.2) is 9.59 Å². The highest BCUT2D eigenvalue weighted by Gasteiger charge is 2.50. The SMILES string of the molecule is CC(C)(SCc1ccccc1O)[C@H](N)C(=O)N[C@H](C(=O)O)[C@H]1O[C@@H](n2ccc(=O)[nH]c2=O)[C@H](O)[C@@H]1O. The number of phenolic OH excluding ortho intramolecular Hbond substituents is 1. The number of aliphatic hydroxyl groups excluding tert-OH is 2. The maximum atomic E-state index is 12.9. The number of carbonyl (C=O) groups is 2. The largest absolute Gasteiger partial charge is 0.508 e. The minimum absolute atomic E-state index is 0.0897. The predicted octanol–water partition coefficient (Wildman–Crippen LogP) is -1.53. The van der Waals surface area contributed by atoms with Gasteiger partial charge in [-0.2, -0.15) is 0 Å². The van der Waals surface area contributed by atoms with E-state index in [1.54, 1.807) is 32.0 Å². The molecule has 3 rings (SSSR count). The van der Waals surface area contributed by atoms with E-state index in [-0.39, 0.29) is 5.75 Å². The fourth-order valence-corrected chi connectivity index (χ4v) is 4.71. The number of aliphatic hydroxyl groups is 2. The number of hydrogen-bond acceptors (Lipinski definition) is 10. The zero-order valence-corrected chi connectivity index (χ0v) is 20.2. The molecule has 2 aromatic rings. The lowest BCUT2D eigenvalue weighted by Gasteiger charge is -2.32. The van der Waals surface area contributed by atoms with Gasteiger partial charge in [0.2, 0.25) is 5.91 Å². The van der Waals surface area contributed by atoms with Gasteiger partial charge in [0, 0.05) is 28.3 Å². The average molecular weight is 525 g/mol. The van der Waals surface area contributed by atoms with Crippen LogP contribution in [-0.2, 0) is 20.1 Å². The molecule has 36 heavy (non-hydrogen) atoms. The highest BCUT2D eigenvalue weighted by molar-refractivity contribution is 7.99. The van der Waals surface area contributed by atoms with Crippen LogP contribution in [-0.4, -0.2) is 77.0 Å². The van der Waals surface area contributed by atoms with Crippen molar-refractivity contribution in [2.45, 2.75) is 61.0 Å². The maximum Gasteiger partial charge on any atom is 0.330 e. The number of nitrogens with zero attached hydrogens (tertiary/aromatic N) is 1. The summed E-state index contributed by atoms with van der Waals surface area (Å²) in [6.07, 6.45) is -5.67. The first kappa shape index (κ1) is 27.4. The number of amides is 1. The van der Waals surface area contributed by atoms with Gasteiger partial charge >= 0.3 is 11.7 Å². The number of nitrogens with one attached hydrogen (secondary N) is 2. The molecule has 0 spiro atoms. The number of phenols is 1. The number of H-pyrrole nitrogens is 1. The lowest BCUT2D eigenvalue weighted by Crippen LogP contribution is -2.59. The van der Waals surface area contributed by atoms with Crippen LogP contribution in [0.1, 0.15) is 25.6 Å². The van der Waals surface area contributed by atoms with Gasteiger partial charge in [-0.1, -0.05) is 18.2 Å².